The highest BCUT2D eigenvalue weighted by molar-refractivity contribution is 5.98. The number of likely N-dealkylation sites (tertiary alicyclic amines) is 1. The molecular formula is C17H19N7O2. The van der Waals surface area contributed by atoms with Crippen LogP contribution in [-0.2, 0) is 0 Å². The molecule has 3 aromatic rings. The van der Waals surface area contributed by atoms with E-state index < -0.39 is 6.09 Å². The Morgan fingerprint density at radius 2 is 1.96 bits per heavy atom. The number of nitrogens with two attached hydrogens (primary N) is 2. The fourth-order valence-corrected chi connectivity index (χ4v) is 3.42. The fourth-order valence-electron chi connectivity index (χ4n) is 3.42. The smallest absolute Gasteiger partial charge is 0.407 e. The Morgan fingerprint density at radius 3 is 2.69 bits per heavy atom. The molecule has 1 aliphatic rings. The third-order valence-corrected chi connectivity index (χ3v) is 4.72. The highest BCUT2D eigenvalue weighted by Crippen LogP contribution is 2.33. The van der Waals surface area contributed by atoms with E-state index in [2.05, 4.69) is 9.97 Å². The Labute approximate surface area is 149 Å². The molecule has 1 aromatic carbocycles. The Morgan fingerprint density at radius 1 is 1.19 bits per heavy atom. The molecule has 1 saturated heterocycles. The lowest BCUT2D eigenvalue weighted by Gasteiger charge is -2.30. The van der Waals surface area contributed by atoms with Crippen LogP contribution in [0.15, 0.2) is 30.6 Å². The number of hydrogen-bond acceptors (Lipinski definition) is 6. The molecule has 1 aliphatic heterocycles. The lowest BCUT2D eigenvalue weighted by molar-refractivity contribution is 0.120. The number of carboxylic acid groups (broad SMARTS) is 1. The quantitative estimate of drug-likeness (QED) is 0.599. The molecule has 0 bridgehead atoms. The van der Waals surface area contributed by atoms with Gasteiger partial charge in [0.25, 0.3) is 0 Å². The first-order chi connectivity index (χ1) is 12.5. The van der Waals surface area contributed by atoms with Gasteiger partial charge in [-0.2, -0.15) is 5.10 Å². The highest BCUT2D eigenvalue weighted by atomic mass is 16.4. The molecule has 9 heteroatoms. The van der Waals surface area contributed by atoms with Crippen molar-refractivity contribution < 1.29 is 9.90 Å². The standard InChI is InChI=1S/C17H19N7O2/c18-11-5-3-10(4-6-11)14-13-15(19)20-9-21-16(13)24(22-14)12-2-1-7-23(8-12)17(25)26/h3-6,9,12H,1-2,7-8,18H2,(H,25,26)(H2,19,20,21). The Bertz CT molecular complexity index is 967. The molecule has 0 saturated carbocycles. The van der Waals surface area contributed by atoms with E-state index in [0.717, 1.165) is 18.4 Å². The number of piperidine rings is 1. The molecule has 3 heterocycles. The molecule has 1 fully saturated rings. The summed E-state index contributed by atoms with van der Waals surface area (Å²) in [6.45, 7) is 0.907. The van der Waals surface area contributed by atoms with Crippen molar-refractivity contribution in [1.29, 1.82) is 0 Å². The molecular weight excluding hydrogens is 334 g/mol. The maximum absolute atomic E-state index is 11.3. The summed E-state index contributed by atoms with van der Waals surface area (Å²) in [5, 5.41) is 14.7. The van der Waals surface area contributed by atoms with Crippen molar-refractivity contribution in [3.8, 4) is 11.3 Å². The molecule has 9 nitrogen and oxygen atoms in total. The molecule has 134 valence electrons. The summed E-state index contributed by atoms with van der Waals surface area (Å²) < 4.78 is 1.79. The minimum absolute atomic E-state index is 0.0980. The Hall–Kier alpha value is -3.36. The first-order valence-corrected chi connectivity index (χ1v) is 8.37. The van der Waals surface area contributed by atoms with Gasteiger partial charge < -0.3 is 21.5 Å². The van der Waals surface area contributed by atoms with E-state index in [1.165, 1.54) is 11.2 Å². The second-order valence-corrected chi connectivity index (χ2v) is 6.40. The van der Waals surface area contributed by atoms with Gasteiger partial charge in [-0.05, 0) is 25.0 Å². The summed E-state index contributed by atoms with van der Waals surface area (Å²) in [5.41, 5.74) is 14.7. The summed E-state index contributed by atoms with van der Waals surface area (Å²) in [6, 6.07) is 7.25. The van der Waals surface area contributed by atoms with Crippen LogP contribution in [0.4, 0.5) is 16.3 Å². The van der Waals surface area contributed by atoms with E-state index in [1.807, 2.05) is 12.1 Å². The van der Waals surface area contributed by atoms with E-state index in [4.69, 9.17) is 16.6 Å². The van der Waals surface area contributed by atoms with Gasteiger partial charge in [-0.15, -0.1) is 0 Å². The van der Waals surface area contributed by atoms with Gasteiger partial charge in [-0.3, -0.25) is 0 Å². The summed E-state index contributed by atoms with van der Waals surface area (Å²) in [4.78, 5) is 21.2. The molecule has 2 aromatic heterocycles. The Balaban J connectivity index is 1.84. The zero-order chi connectivity index (χ0) is 18.3. The number of aromatic nitrogens is 4. The Kier molecular flexibility index (Phi) is 3.83. The number of nitrogen functional groups attached to an aromatic ring is 2. The SMILES string of the molecule is Nc1ccc(-c2nn(C3CCCN(C(=O)O)C3)c3ncnc(N)c23)cc1. The van der Waals surface area contributed by atoms with Crippen molar-refractivity contribution in [2.45, 2.75) is 18.9 Å². The zero-order valence-corrected chi connectivity index (χ0v) is 14.0. The van der Waals surface area contributed by atoms with Crippen molar-refractivity contribution in [1.82, 2.24) is 24.6 Å². The van der Waals surface area contributed by atoms with E-state index in [-0.39, 0.29) is 6.04 Å². The van der Waals surface area contributed by atoms with Crippen LogP contribution in [0.25, 0.3) is 22.3 Å². The summed E-state index contributed by atoms with van der Waals surface area (Å²) in [5.74, 6) is 0.346. The molecule has 1 unspecified atom stereocenters. The lowest BCUT2D eigenvalue weighted by Crippen LogP contribution is -2.40. The number of nitrogens with zero attached hydrogens (tertiary/aromatic N) is 5. The topological polar surface area (TPSA) is 136 Å². The molecule has 4 rings (SSSR count). The largest absolute Gasteiger partial charge is 0.465 e. The predicted octanol–water partition coefficient (Wildman–Crippen LogP) is 1.97. The van der Waals surface area contributed by atoms with Crippen LogP contribution in [0, 0.1) is 0 Å². The fraction of sp³-hybridized carbons (Fsp3) is 0.294. The van der Waals surface area contributed by atoms with Gasteiger partial charge >= 0.3 is 6.09 Å². The van der Waals surface area contributed by atoms with Gasteiger partial charge in [0, 0.05) is 24.3 Å². The summed E-state index contributed by atoms with van der Waals surface area (Å²) in [7, 11) is 0. The van der Waals surface area contributed by atoms with Gasteiger partial charge in [-0.1, -0.05) is 12.1 Å². The van der Waals surface area contributed by atoms with Gasteiger partial charge in [-0.25, -0.2) is 19.4 Å². The van der Waals surface area contributed by atoms with Crippen molar-refractivity contribution in [3.05, 3.63) is 30.6 Å². The van der Waals surface area contributed by atoms with E-state index in [1.54, 1.807) is 16.8 Å². The van der Waals surface area contributed by atoms with Crippen molar-refractivity contribution in [2.24, 2.45) is 0 Å². The van der Waals surface area contributed by atoms with Crippen LogP contribution in [0.1, 0.15) is 18.9 Å². The lowest BCUT2D eigenvalue weighted by atomic mass is 10.1. The molecule has 5 N–H and O–H groups in total. The average Bonchev–Trinajstić information content (AvgIpc) is 3.03. The number of anilines is 2. The highest BCUT2D eigenvalue weighted by Gasteiger charge is 2.28. The van der Waals surface area contributed by atoms with Crippen LogP contribution in [-0.4, -0.2) is 48.9 Å². The normalized spacial score (nSPS) is 17.5. The summed E-state index contributed by atoms with van der Waals surface area (Å²) in [6.07, 6.45) is 2.08. The van der Waals surface area contributed by atoms with Gasteiger partial charge in [0.15, 0.2) is 5.65 Å². The third-order valence-electron chi connectivity index (χ3n) is 4.72. The van der Waals surface area contributed by atoms with E-state index in [9.17, 15) is 9.90 Å². The second-order valence-electron chi connectivity index (χ2n) is 6.40. The number of rotatable bonds is 2. The van der Waals surface area contributed by atoms with Gasteiger partial charge in [0.2, 0.25) is 0 Å². The molecule has 1 amide bonds. The second kappa shape index (κ2) is 6.17. The van der Waals surface area contributed by atoms with Crippen LogP contribution >= 0.6 is 0 Å². The first kappa shape index (κ1) is 16.1. The average molecular weight is 353 g/mol. The number of fused-ring (bicyclic) bond motifs is 1. The number of benzene rings is 1. The van der Waals surface area contributed by atoms with E-state index in [0.29, 0.717) is 41.3 Å². The van der Waals surface area contributed by atoms with Gasteiger partial charge in [0.1, 0.15) is 17.8 Å². The molecule has 1 atom stereocenters. The van der Waals surface area contributed by atoms with Crippen molar-refractivity contribution in [3.63, 3.8) is 0 Å². The molecule has 0 spiro atoms. The van der Waals surface area contributed by atoms with Crippen molar-refractivity contribution >= 4 is 28.6 Å². The summed E-state index contributed by atoms with van der Waals surface area (Å²) >= 11 is 0. The van der Waals surface area contributed by atoms with Crippen molar-refractivity contribution in [2.75, 3.05) is 24.6 Å². The maximum atomic E-state index is 11.3. The van der Waals surface area contributed by atoms with Gasteiger partial charge in [0.05, 0.1) is 11.4 Å². The minimum atomic E-state index is -0.918. The molecule has 0 radical (unpaired) electrons. The van der Waals surface area contributed by atoms with Crippen LogP contribution in [0.2, 0.25) is 0 Å². The monoisotopic (exact) mass is 353 g/mol. The maximum Gasteiger partial charge on any atom is 0.407 e. The predicted molar refractivity (Wildman–Crippen MR) is 97.5 cm³/mol. The minimum Gasteiger partial charge on any atom is -0.465 e. The van der Waals surface area contributed by atoms with Crippen LogP contribution in [0.5, 0.6) is 0 Å². The molecule has 0 aliphatic carbocycles. The number of hydrogen-bond donors (Lipinski definition) is 3. The number of carbonyl (C=O) groups is 1. The third kappa shape index (κ3) is 2.67. The van der Waals surface area contributed by atoms with Crippen LogP contribution < -0.4 is 11.5 Å². The first-order valence-electron chi connectivity index (χ1n) is 8.37. The number of amides is 1. The zero-order valence-electron chi connectivity index (χ0n) is 14.0. The van der Waals surface area contributed by atoms with Crippen LogP contribution in [0.3, 0.4) is 0 Å². The molecule has 26 heavy (non-hydrogen) atoms. The van der Waals surface area contributed by atoms with E-state index >= 15 is 0 Å².